The van der Waals surface area contributed by atoms with Crippen molar-refractivity contribution in [3.05, 3.63) is 108 Å². The van der Waals surface area contributed by atoms with Crippen LogP contribution < -0.4 is 0 Å². The number of para-hydroxylation sites is 2. The lowest BCUT2D eigenvalue weighted by molar-refractivity contribution is -0.984. The summed E-state index contributed by atoms with van der Waals surface area (Å²) in [5, 5.41) is 15.7. The number of aliphatic hydroxyl groups excluding tert-OH is 1. The molecule has 38 heavy (non-hydrogen) atoms. The van der Waals surface area contributed by atoms with Gasteiger partial charge < -0.3 is 9.59 Å². The molecule has 0 aliphatic carbocycles. The molecular formula is C34H34N3O+. The molecule has 3 fully saturated rings. The summed E-state index contributed by atoms with van der Waals surface area (Å²) < 4.78 is 0.877. The first kappa shape index (κ1) is 23.5. The molecule has 2 bridgehead atoms. The molecule has 5 heterocycles. The van der Waals surface area contributed by atoms with Crippen LogP contribution in [-0.2, 0) is 6.54 Å². The Hall–Kier alpha value is -3.60. The molecule has 1 N–H and O–H groups in total. The van der Waals surface area contributed by atoms with E-state index in [1.807, 2.05) is 12.3 Å². The second kappa shape index (κ2) is 9.00. The average Bonchev–Trinajstić information content (AvgIpc) is 2.96. The standard InChI is InChI=1S/C34H34N3O/c1-3-23-20-37(21-29-25-8-4-6-10-31(25)36-32-11-7-5-9-26(29)32)17-15-24(23)19-33(37)34(38)27-14-16-35-30-13-12-22(2)18-28(27)30/h3-14,16,18,23-24,33-34,38H,1,15,17,19-21H2,2H3/q+1/t23-,24?,33+,34-,37?/m0/s1. The van der Waals surface area contributed by atoms with Gasteiger partial charge in [-0.3, -0.25) is 4.98 Å². The van der Waals surface area contributed by atoms with E-state index in [0.29, 0.717) is 11.8 Å². The highest BCUT2D eigenvalue weighted by Crippen LogP contribution is 2.49. The Kier molecular flexibility index (Phi) is 5.57. The maximum atomic E-state index is 12.2. The summed E-state index contributed by atoms with van der Waals surface area (Å²) >= 11 is 0. The third-order valence-electron chi connectivity index (χ3n) is 9.46. The maximum absolute atomic E-state index is 12.2. The van der Waals surface area contributed by atoms with E-state index in [4.69, 9.17) is 4.98 Å². The zero-order chi connectivity index (χ0) is 25.9. The van der Waals surface area contributed by atoms with Gasteiger partial charge in [0.2, 0.25) is 0 Å². The summed E-state index contributed by atoms with van der Waals surface area (Å²) in [5.74, 6) is 1.05. The van der Waals surface area contributed by atoms with E-state index in [0.717, 1.165) is 58.0 Å². The van der Waals surface area contributed by atoms with Crippen LogP contribution in [0.3, 0.4) is 0 Å². The van der Waals surface area contributed by atoms with Gasteiger partial charge in [0.15, 0.2) is 0 Å². The fourth-order valence-corrected chi connectivity index (χ4v) is 7.54. The van der Waals surface area contributed by atoms with Crippen LogP contribution in [-0.4, -0.2) is 38.7 Å². The van der Waals surface area contributed by atoms with Gasteiger partial charge in [-0.15, -0.1) is 6.58 Å². The molecule has 190 valence electrons. The maximum Gasteiger partial charge on any atom is 0.131 e. The number of pyridine rings is 2. The first-order valence-corrected chi connectivity index (χ1v) is 13.8. The number of aryl methyl sites for hydroxylation is 1. The topological polar surface area (TPSA) is 46.0 Å². The molecule has 0 amide bonds. The number of nitrogens with zero attached hydrogens (tertiary/aromatic N) is 3. The summed E-state index contributed by atoms with van der Waals surface area (Å²) in [4.78, 5) is 9.59. The molecule has 3 aliphatic heterocycles. The van der Waals surface area contributed by atoms with Gasteiger partial charge in [0.25, 0.3) is 0 Å². The van der Waals surface area contributed by atoms with Crippen molar-refractivity contribution in [3.63, 3.8) is 0 Å². The minimum Gasteiger partial charge on any atom is -0.382 e. The number of aliphatic hydroxyl groups is 1. The summed E-state index contributed by atoms with van der Waals surface area (Å²) in [5.41, 5.74) is 6.58. The molecule has 4 nitrogen and oxygen atoms in total. The predicted molar refractivity (Wildman–Crippen MR) is 155 cm³/mol. The summed E-state index contributed by atoms with van der Waals surface area (Å²) in [6.07, 6.45) is 5.65. The van der Waals surface area contributed by atoms with Crippen molar-refractivity contribution in [1.82, 2.24) is 9.97 Å². The fraction of sp³-hybridized carbons (Fsp3) is 0.294. The van der Waals surface area contributed by atoms with Crippen molar-refractivity contribution in [2.24, 2.45) is 11.8 Å². The molecule has 0 saturated carbocycles. The van der Waals surface area contributed by atoms with Gasteiger partial charge in [-0.1, -0.05) is 54.1 Å². The Balaban J connectivity index is 1.39. The zero-order valence-electron chi connectivity index (χ0n) is 21.9. The third kappa shape index (κ3) is 3.66. The minimum absolute atomic E-state index is 0.113. The second-order valence-electron chi connectivity index (χ2n) is 11.5. The molecule has 5 atom stereocenters. The first-order chi connectivity index (χ1) is 18.6. The highest BCUT2D eigenvalue weighted by molar-refractivity contribution is 5.97. The van der Waals surface area contributed by atoms with Gasteiger partial charge in [0, 0.05) is 46.7 Å². The molecule has 2 unspecified atom stereocenters. The van der Waals surface area contributed by atoms with E-state index in [1.165, 1.54) is 28.3 Å². The summed E-state index contributed by atoms with van der Waals surface area (Å²) in [6, 6.07) is 25.6. The number of benzene rings is 3. The van der Waals surface area contributed by atoms with Crippen LogP contribution in [0.2, 0.25) is 0 Å². The van der Waals surface area contributed by atoms with Crippen molar-refractivity contribution in [3.8, 4) is 0 Å². The molecule has 3 saturated heterocycles. The average molecular weight is 501 g/mol. The quantitative estimate of drug-likeness (QED) is 0.162. The normalized spacial score (nSPS) is 25.7. The molecule has 4 heteroatoms. The number of fused-ring (bicyclic) bond motifs is 6. The molecule has 0 radical (unpaired) electrons. The SMILES string of the molecule is C=C[C@H]1C[N+]2(Cc3c4ccccc4nc4ccccc34)CCC1C[C@@H]2[C@@H](O)c1ccnc2ccc(C)cc12. The van der Waals surface area contributed by atoms with Gasteiger partial charge in [0.05, 0.1) is 29.6 Å². The zero-order valence-corrected chi connectivity index (χ0v) is 21.9. The Bertz CT molecular complexity index is 1640. The molecule has 3 aliphatic rings. The number of hydrogen-bond acceptors (Lipinski definition) is 3. The summed E-state index contributed by atoms with van der Waals surface area (Å²) in [6.45, 7) is 9.31. The third-order valence-corrected chi connectivity index (χ3v) is 9.46. The Labute approximate surface area is 223 Å². The van der Waals surface area contributed by atoms with Gasteiger partial charge in [0.1, 0.15) is 18.7 Å². The fourth-order valence-electron chi connectivity index (χ4n) is 7.54. The number of quaternary nitrogens is 1. The molecule has 2 aromatic heterocycles. The van der Waals surface area contributed by atoms with Crippen LogP contribution in [0.1, 0.15) is 35.6 Å². The minimum atomic E-state index is -0.560. The largest absolute Gasteiger partial charge is 0.382 e. The van der Waals surface area contributed by atoms with Crippen molar-refractivity contribution < 1.29 is 9.59 Å². The van der Waals surface area contributed by atoms with Crippen LogP contribution in [0.25, 0.3) is 32.7 Å². The monoisotopic (exact) mass is 500 g/mol. The van der Waals surface area contributed by atoms with Crippen molar-refractivity contribution in [1.29, 1.82) is 0 Å². The lowest BCUT2D eigenvalue weighted by Crippen LogP contribution is -2.67. The molecule has 3 aromatic carbocycles. The highest BCUT2D eigenvalue weighted by atomic mass is 16.3. The van der Waals surface area contributed by atoms with E-state index in [9.17, 15) is 5.11 Å². The van der Waals surface area contributed by atoms with Crippen molar-refractivity contribution in [2.45, 2.75) is 38.5 Å². The van der Waals surface area contributed by atoms with Gasteiger partial charge in [-0.2, -0.15) is 0 Å². The van der Waals surface area contributed by atoms with Crippen LogP contribution >= 0.6 is 0 Å². The number of rotatable bonds is 5. The van der Waals surface area contributed by atoms with Crippen LogP contribution in [0.15, 0.2) is 91.6 Å². The number of hydrogen-bond donors (Lipinski definition) is 1. The van der Waals surface area contributed by atoms with E-state index < -0.39 is 6.10 Å². The lowest BCUT2D eigenvalue weighted by atomic mass is 9.71. The molecule has 5 aromatic rings. The smallest absolute Gasteiger partial charge is 0.131 e. The Morgan fingerprint density at radius 2 is 1.71 bits per heavy atom. The first-order valence-electron chi connectivity index (χ1n) is 13.8. The number of aromatic nitrogens is 2. The summed E-state index contributed by atoms with van der Waals surface area (Å²) in [7, 11) is 0. The molecular weight excluding hydrogens is 466 g/mol. The van der Waals surface area contributed by atoms with Gasteiger partial charge >= 0.3 is 0 Å². The second-order valence-corrected chi connectivity index (χ2v) is 11.5. The lowest BCUT2D eigenvalue weighted by Gasteiger charge is -2.58. The van der Waals surface area contributed by atoms with E-state index in [1.54, 1.807) is 0 Å². The van der Waals surface area contributed by atoms with E-state index >= 15 is 0 Å². The van der Waals surface area contributed by atoms with E-state index in [2.05, 4.69) is 91.3 Å². The number of piperidine rings is 3. The van der Waals surface area contributed by atoms with E-state index in [-0.39, 0.29) is 6.04 Å². The highest BCUT2D eigenvalue weighted by Gasteiger charge is 2.54. The molecule has 8 rings (SSSR count). The van der Waals surface area contributed by atoms with Crippen LogP contribution in [0.4, 0.5) is 0 Å². The Morgan fingerprint density at radius 3 is 2.45 bits per heavy atom. The van der Waals surface area contributed by atoms with Crippen molar-refractivity contribution in [2.75, 3.05) is 13.1 Å². The molecule has 0 spiro atoms. The Morgan fingerprint density at radius 1 is 0.974 bits per heavy atom. The predicted octanol–water partition coefficient (Wildman–Crippen LogP) is 6.89. The van der Waals surface area contributed by atoms with Crippen LogP contribution in [0, 0.1) is 18.8 Å². The van der Waals surface area contributed by atoms with Crippen molar-refractivity contribution >= 4 is 32.7 Å². The van der Waals surface area contributed by atoms with Crippen LogP contribution in [0.5, 0.6) is 0 Å². The van der Waals surface area contributed by atoms with Gasteiger partial charge in [-0.25, -0.2) is 4.98 Å². The van der Waals surface area contributed by atoms with Gasteiger partial charge in [-0.05, 0) is 48.7 Å².